The number of ketones is 1. The lowest BCUT2D eigenvalue weighted by molar-refractivity contribution is -0.143. The summed E-state index contributed by atoms with van der Waals surface area (Å²) >= 11 is 0. The van der Waals surface area contributed by atoms with Crippen LogP contribution in [0.2, 0.25) is 0 Å². The summed E-state index contributed by atoms with van der Waals surface area (Å²) in [5, 5.41) is 0. The van der Waals surface area contributed by atoms with Crippen LogP contribution in [0.25, 0.3) is 0 Å². The van der Waals surface area contributed by atoms with Crippen molar-refractivity contribution in [3.05, 3.63) is 56.2 Å². The largest absolute Gasteiger partial charge is 0.493 e. The highest BCUT2D eigenvalue weighted by Crippen LogP contribution is 2.24. The average molecular weight is 403 g/mol. The lowest BCUT2D eigenvalue weighted by Crippen LogP contribution is -2.35. The molecule has 0 aliphatic rings. The van der Waals surface area contributed by atoms with E-state index in [1.54, 1.807) is 0 Å². The van der Waals surface area contributed by atoms with Crippen LogP contribution >= 0.6 is 0 Å². The second kappa shape index (κ2) is 8.76. The summed E-state index contributed by atoms with van der Waals surface area (Å²) in [6.07, 6.45) is -0.0760. The molecule has 0 aliphatic heterocycles. The smallest absolute Gasteiger partial charge is 0.329 e. The summed E-state index contributed by atoms with van der Waals surface area (Å²) in [5.41, 5.74) is 4.74. The van der Waals surface area contributed by atoms with Crippen molar-refractivity contribution in [2.24, 2.45) is 7.05 Å². The molecule has 0 aliphatic carbocycles. The van der Waals surface area contributed by atoms with Crippen molar-refractivity contribution in [1.82, 2.24) is 9.55 Å². The molecule has 3 N–H and O–H groups in total. The Hall–Kier alpha value is -3.36. The molecule has 1 heterocycles. The van der Waals surface area contributed by atoms with Crippen LogP contribution in [0.4, 0.5) is 5.82 Å². The van der Waals surface area contributed by atoms with Crippen LogP contribution < -0.4 is 21.7 Å². The van der Waals surface area contributed by atoms with Crippen LogP contribution in [0.5, 0.6) is 5.75 Å². The maximum atomic E-state index is 12.1. The number of Topliss-reactive ketones (excluding diaryl/α,β-unsaturated/α-hetero) is 1. The first-order chi connectivity index (χ1) is 13.5. The highest BCUT2D eigenvalue weighted by molar-refractivity contribution is 6.01. The molecule has 0 amide bonds. The number of nitrogen functional groups attached to an aromatic ring is 1. The number of nitrogens with zero attached hydrogens (tertiary/aromatic N) is 1. The number of ether oxygens (including phenoxy) is 2. The van der Waals surface area contributed by atoms with Gasteiger partial charge in [0.2, 0.25) is 5.78 Å². The molecule has 156 valence electrons. The number of H-pyrrole nitrogens is 1. The fourth-order valence-electron chi connectivity index (χ4n) is 2.50. The number of esters is 1. The van der Waals surface area contributed by atoms with E-state index in [1.807, 2.05) is 29.2 Å². The van der Waals surface area contributed by atoms with Crippen molar-refractivity contribution in [3.63, 3.8) is 0 Å². The molecule has 0 saturated carbocycles. The van der Waals surface area contributed by atoms with Crippen molar-refractivity contribution < 1.29 is 19.1 Å². The quantitative estimate of drug-likeness (QED) is 0.523. The summed E-state index contributed by atoms with van der Waals surface area (Å²) in [6, 6.07) is 7.57. The number of anilines is 1. The predicted octanol–water partition coefficient (Wildman–Crippen LogP) is 1.15. The summed E-state index contributed by atoms with van der Waals surface area (Å²) in [4.78, 5) is 49.1. The zero-order valence-corrected chi connectivity index (χ0v) is 16.9. The molecule has 9 heteroatoms. The first-order valence-corrected chi connectivity index (χ1v) is 9.01. The van der Waals surface area contributed by atoms with Crippen molar-refractivity contribution in [2.45, 2.75) is 32.6 Å². The fourth-order valence-corrected chi connectivity index (χ4v) is 2.50. The minimum absolute atomic E-state index is 0.0328. The maximum Gasteiger partial charge on any atom is 0.329 e. The summed E-state index contributed by atoms with van der Waals surface area (Å²) in [7, 11) is 1.31. The third kappa shape index (κ3) is 5.56. The van der Waals surface area contributed by atoms with Gasteiger partial charge in [-0.3, -0.25) is 23.9 Å². The molecule has 0 unspecified atom stereocenters. The van der Waals surface area contributed by atoms with E-state index in [1.165, 1.54) is 7.05 Å². The zero-order chi connectivity index (χ0) is 21.8. The van der Waals surface area contributed by atoms with Gasteiger partial charge in [-0.1, -0.05) is 32.9 Å². The Balaban J connectivity index is 1.85. The first kappa shape index (κ1) is 21.9. The van der Waals surface area contributed by atoms with Gasteiger partial charge in [0.25, 0.3) is 5.56 Å². The zero-order valence-electron chi connectivity index (χ0n) is 16.9. The predicted molar refractivity (Wildman–Crippen MR) is 107 cm³/mol. The lowest BCUT2D eigenvalue weighted by Gasteiger charge is -2.19. The minimum atomic E-state index is -0.923. The van der Waals surface area contributed by atoms with Gasteiger partial charge in [-0.05, 0) is 23.1 Å². The van der Waals surface area contributed by atoms with Crippen LogP contribution in [-0.4, -0.2) is 34.5 Å². The molecule has 2 rings (SSSR count). The van der Waals surface area contributed by atoms with Gasteiger partial charge >= 0.3 is 11.7 Å². The molecule has 0 spiro atoms. The number of nitrogens with one attached hydrogen (secondary N) is 1. The second-order valence-corrected chi connectivity index (χ2v) is 7.54. The number of hydrogen-bond acceptors (Lipinski definition) is 7. The van der Waals surface area contributed by atoms with E-state index in [0.717, 1.165) is 10.1 Å². The molecule has 29 heavy (non-hydrogen) atoms. The van der Waals surface area contributed by atoms with Crippen LogP contribution in [0.3, 0.4) is 0 Å². The average Bonchev–Trinajstić information content (AvgIpc) is 2.64. The summed E-state index contributed by atoms with van der Waals surface area (Å²) in [5.74, 6) is -1.14. The topological polar surface area (TPSA) is 133 Å². The number of aromatic nitrogens is 2. The van der Waals surface area contributed by atoms with Gasteiger partial charge in [0.05, 0.1) is 13.0 Å². The van der Waals surface area contributed by atoms with E-state index in [0.29, 0.717) is 5.75 Å². The van der Waals surface area contributed by atoms with Gasteiger partial charge in [0.15, 0.2) is 6.61 Å². The Bertz CT molecular complexity index is 1010. The van der Waals surface area contributed by atoms with Crippen LogP contribution in [0.1, 0.15) is 43.1 Å². The number of rotatable bonds is 7. The summed E-state index contributed by atoms with van der Waals surface area (Å²) in [6.45, 7) is 5.74. The molecule has 1 aromatic carbocycles. The van der Waals surface area contributed by atoms with Crippen LogP contribution in [0.15, 0.2) is 33.9 Å². The standard InChI is InChI=1S/C20H25N3O6/c1-20(2,3)12-5-7-13(8-6-12)28-10-9-15(25)29-11-14(24)16-17(21)23(4)19(27)22-18(16)26/h5-8H,9-11,21H2,1-4H3,(H,22,26,27). The van der Waals surface area contributed by atoms with Crippen molar-refractivity contribution in [3.8, 4) is 5.75 Å². The van der Waals surface area contributed by atoms with Gasteiger partial charge in [-0.2, -0.15) is 0 Å². The Labute approximate surface area is 167 Å². The number of nitrogens with two attached hydrogens (primary N) is 1. The third-order valence-electron chi connectivity index (χ3n) is 4.31. The van der Waals surface area contributed by atoms with E-state index in [4.69, 9.17) is 15.2 Å². The Morgan fingerprint density at radius 1 is 1.14 bits per heavy atom. The summed E-state index contributed by atoms with van der Waals surface area (Å²) < 4.78 is 11.3. The third-order valence-corrected chi connectivity index (χ3v) is 4.31. The van der Waals surface area contributed by atoms with Gasteiger partial charge < -0.3 is 15.2 Å². The molecule has 0 saturated heterocycles. The SMILES string of the molecule is Cn1c(N)c(C(=O)COC(=O)CCOc2ccc(C(C)(C)C)cc2)c(=O)[nH]c1=O. The van der Waals surface area contributed by atoms with Crippen LogP contribution in [0, 0.1) is 0 Å². The van der Waals surface area contributed by atoms with Gasteiger partial charge in [0.1, 0.15) is 17.1 Å². The maximum absolute atomic E-state index is 12.1. The van der Waals surface area contributed by atoms with E-state index in [-0.39, 0.29) is 24.3 Å². The van der Waals surface area contributed by atoms with Crippen LogP contribution in [-0.2, 0) is 22.0 Å². The molecule has 0 radical (unpaired) electrons. The van der Waals surface area contributed by atoms with Gasteiger partial charge in [0, 0.05) is 7.05 Å². The monoisotopic (exact) mass is 403 g/mol. The number of benzene rings is 1. The lowest BCUT2D eigenvalue weighted by atomic mass is 9.87. The van der Waals surface area contributed by atoms with Crippen molar-refractivity contribution in [2.75, 3.05) is 18.9 Å². The number of carbonyl (C=O) groups excluding carboxylic acids is 2. The molecule has 9 nitrogen and oxygen atoms in total. The molecule has 0 bridgehead atoms. The van der Waals surface area contributed by atoms with Crippen molar-refractivity contribution >= 4 is 17.6 Å². The Morgan fingerprint density at radius 3 is 2.34 bits per heavy atom. The number of carbonyl (C=O) groups is 2. The Morgan fingerprint density at radius 2 is 1.76 bits per heavy atom. The second-order valence-electron chi connectivity index (χ2n) is 7.54. The number of aromatic amines is 1. The normalized spacial score (nSPS) is 11.2. The van der Waals surface area contributed by atoms with E-state index < -0.39 is 35.2 Å². The Kier molecular flexibility index (Phi) is 6.63. The van der Waals surface area contributed by atoms with Crippen molar-refractivity contribution in [1.29, 1.82) is 0 Å². The first-order valence-electron chi connectivity index (χ1n) is 9.01. The highest BCUT2D eigenvalue weighted by Gasteiger charge is 2.19. The molecule has 0 fully saturated rings. The van der Waals surface area contributed by atoms with Gasteiger partial charge in [-0.25, -0.2) is 4.79 Å². The highest BCUT2D eigenvalue weighted by atomic mass is 16.5. The molecule has 1 aromatic heterocycles. The van der Waals surface area contributed by atoms with E-state index >= 15 is 0 Å². The molecular weight excluding hydrogens is 378 g/mol. The fraction of sp³-hybridized carbons (Fsp3) is 0.400. The van der Waals surface area contributed by atoms with E-state index in [2.05, 4.69) is 20.8 Å². The molecule has 2 aromatic rings. The molecule has 0 atom stereocenters. The number of hydrogen-bond donors (Lipinski definition) is 2. The van der Waals surface area contributed by atoms with E-state index in [9.17, 15) is 19.2 Å². The van der Waals surface area contributed by atoms with Gasteiger partial charge in [-0.15, -0.1) is 0 Å². The minimum Gasteiger partial charge on any atom is -0.493 e. The molecular formula is C20H25N3O6.